The highest BCUT2D eigenvalue weighted by Gasteiger charge is 2.42. The van der Waals surface area contributed by atoms with Crippen LogP contribution in [-0.4, -0.2) is 24.3 Å². The van der Waals surface area contributed by atoms with Crippen LogP contribution in [0.25, 0.3) is 0 Å². The molecule has 2 N–H and O–H groups in total. The van der Waals surface area contributed by atoms with E-state index in [4.69, 9.17) is 0 Å². The maximum Gasteiger partial charge on any atom is 0.251 e. The number of nitrogens with zero attached hydrogens (tertiary/aromatic N) is 1. The molecule has 0 spiro atoms. The van der Waals surface area contributed by atoms with Crippen molar-refractivity contribution >= 4 is 23.4 Å². The van der Waals surface area contributed by atoms with Crippen LogP contribution in [0, 0.1) is 18.8 Å². The van der Waals surface area contributed by atoms with Crippen molar-refractivity contribution < 1.29 is 14.4 Å². The normalized spacial score (nSPS) is 23.4. The lowest BCUT2D eigenvalue weighted by Gasteiger charge is -2.38. The summed E-state index contributed by atoms with van der Waals surface area (Å²) in [6, 6.07) is 15.5. The van der Waals surface area contributed by atoms with E-state index in [2.05, 4.69) is 41.9 Å². The molecule has 2 atom stereocenters. The Balaban J connectivity index is 1.32. The van der Waals surface area contributed by atoms with Gasteiger partial charge in [-0.3, -0.25) is 19.8 Å². The Hall–Kier alpha value is -3.41. The van der Waals surface area contributed by atoms with Crippen LogP contribution in [0.3, 0.4) is 0 Å². The average Bonchev–Trinajstić information content (AvgIpc) is 3.35. The van der Waals surface area contributed by atoms with Crippen molar-refractivity contribution in [2.75, 3.05) is 11.6 Å². The maximum atomic E-state index is 13.1. The van der Waals surface area contributed by atoms with E-state index in [0.717, 1.165) is 25.7 Å². The first kappa shape index (κ1) is 22.4. The molecule has 1 aliphatic heterocycles. The summed E-state index contributed by atoms with van der Waals surface area (Å²) in [5, 5.41) is 4.47. The van der Waals surface area contributed by atoms with Crippen LogP contribution in [0.1, 0.15) is 60.0 Å². The van der Waals surface area contributed by atoms with Crippen molar-refractivity contribution in [3.63, 3.8) is 0 Å². The number of carbonyl (C=O) groups excluding carboxylic acids is 3. The van der Waals surface area contributed by atoms with Crippen molar-refractivity contribution in [2.45, 2.75) is 50.9 Å². The fraction of sp³-hybridized carbons (Fsp3) is 0.393. The van der Waals surface area contributed by atoms with E-state index in [1.165, 1.54) is 16.1 Å². The molecule has 3 aliphatic rings. The Morgan fingerprint density at radius 2 is 1.76 bits per heavy atom. The third-order valence-corrected chi connectivity index (χ3v) is 7.67. The monoisotopic (exact) mass is 457 g/mol. The molecule has 0 radical (unpaired) electrons. The summed E-state index contributed by atoms with van der Waals surface area (Å²) in [6.07, 6.45) is 9.51. The summed E-state index contributed by atoms with van der Waals surface area (Å²) in [6.45, 7) is 2.68. The Bertz CT molecular complexity index is 1150. The molecule has 2 fully saturated rings. The first-order chi connectivity index (χ1) is 16.5. The fourth-order valence-electron chi connectivity index (χ4n) is 5.71. The topological polar surface area (TPSA) is 78.5 Å². The van der Waals surface area contributed by atoms with Gasteiger partial charge in [0.1, 0.15) is 0 Å². The quantitative estimate of drug-likeness (QED) is 0.661. The lowest BCUT2D eigenvalue weighted by Crippen LogP contribution is -2.59. The minimum absolute atomic E-state index is 0.0421. The van der Waals surface area contributed by atoms with E-state index in [-0.39, 0.29) is 35.0 Å². The number of hydrogen-bond donors (Lipinski definition) is 2. The van der Waals surface area contributed by atoms with Crippen LogP contribution in [-0.2, 0) is 15.0 Å². The van der Waals surface area contributed by atoms with Gasteiger partial charge in [0.15, 0.2) is 0 Å². The molecule has 2 aromatic carbocycles. The number of amides is 3. The molecule has 6 heteroatoms. The second-order valence-corrected chi connectivity index (χ2v) is 9.90. The van der Waals surface area contributed by atoms with Crippen molar-refractivity contribution in [1.29, 1.82) is 0 Å². The van der Waals surface area contributed by atoms with Gasteiger partial charge in [0.2, 0.25) is 11.8 Å². The van der Waals surface area contributed by atoms with Gasteiger partial charge in [-0.15, -0.1) is 0 Å². The summed E-state index contributed by atoms with van der Waals surface area (Å²) >= 11 is 0. The molecule has 176 valence electrons. The number of rotatable bonds is 5. The van der Waals surface area contributed by atoms with Crippen LogP contribution in [0.5, 0.6) is 0 Å². The number of anilines is 1. The van der Waals surface area contributed by atoms with E-state index in [1.807, 2.05) is 12.2 Å². The third-order valence-electron chi connectivity index (χ3n) is 7.67. The number of fused-ring (bicyclic) bond motifs is 1. The molecular formula is C28H31N3O3. The van der Waals surface area contributed by atoms with Crippen LogP contribution in [0.4, 0.5) is 5.69 Å². The molecule has 1 heterocycles. The summed E-state index contributed by atoms with van der Waals surface area (Å²) < 4.78 is 0. The van der Waals surface area contributed by atoms with Crippen LogP contribution >= 0.6 is 0 Å². The minimum Gasteiger partial charge on any atom is -0.351 e. The number of allylic oxidation sites excluding steroid dienone is 2. The fourth-order valence-corrected chi connectivity index (χ4v) is 5.71. The SMILES string of the molecule is Cc1cccc(C2(CNC(=O)c3cccc(N4NC(=O)C5CC=CCC5C4=O)c3)CCCC2)c1. The lowest BCUT2D eigenvalue weighted by molar-refractivity contribution is -0.139. The van der Waals surface area contributed by atoms with Crippen molar-refractivity contribution in [3.8, 4) is 0 Å². The van der Waals surface area contributed by atoms with Crippen molar-refractivity contribution in [2.24, 2.45) is 11.8 Å². The maximum absolute atomic E-state index is 13.1. The zero-order valence-electron chi connectivity index (χ0n) is 19.5. The molecule has 3 amide bonds. The van der Waals surface area contributed by atoms with Gasteiger partial charge in [0, 0.05) is 17.5 Å². The molecule has 5 rings (SSSR count). The summed E-state index contributed by atoms with van der Waals surface area (Å²) in [4.78, 5) is 38.8. The number of aryl methyl sites for hydroxylation is 1. The number of hydrogen-bond acceptors (Lipinski definition) is 3. The van der Waals surface area contributed by atoms with Crippen LogP contribution in [0.2, 0.25) is 0 Å². The molecule has 2 unspecified atom stereocenters. The van der Waals surface area contributed by atoms with Crippen molar-refractivity contribution in [3.05, 3.63) is 77.4 Å². The van der Waals surface area contributed by atoms with Crippen LogP contribution < -0.4 is 15.8 Å². The largest absolute Gasteiger partial charge is 0.351 e. The Morgan fingerprint density at radius 1 is 1.03 bits per heavy atom. The molecule has 0 bridgehead atoms. The second-order valence-electron chi connectivity index (χ2n) is 9.90. The van der Waals surface area contributed by atoms with E-state index in [1.54, 1.807) is 24.3 Å². The minimum atomic E-state index is -0.354. The van der Waals surface area contributed by atoms with Gasteiger partial charge in [-0.2, -0.15) is 0 Å². The number of hydrazine groups is 1. The summed E-state index contributed by atoms with van der Waals surface area (Å²) in [5.74, 6) is -1.12. The van der Waals surface area contributed by atoms with E-state index in [9.17, 15) is 14.4 Å². The Morgan fingerprint density at radius 3 is 2.53 bits per heavy atom. The molecular weight excluding hydrogens is 426 g/mol. The molecule has 2 aromatic rings. The van der Waals surface area contributed by atoms with Gasteiger partial charge in [0.25, 0.3) is 5.91 Å². The van der Waals surface area contributed by atoms with Crippen molar-refractivity contribution in [1.82, 2.24) is 10.7 Å². The third kappa shape index (κ3) is 4.13. The molecule has 1 saturated heterocycles. The molecule has 6 nitrogen and oxygen atoms in total. The van der Waals surface area contributed by atoms with E-state index in [0.29, 0.717) is 30.6 Å². The zero-order chi connectivity index (χ0) is 23.7. The molecule has 1 saturated carbocycles. The summed E-state index contributed by atoms with van der Waals surface area (Å²) in [7, 11) is 0. The first-order valence-electron chi connectivity index (χ1n) is 12.2. The van der Waals surface area contributed by atoms with Crippen LogP contribution in [0.15, 0.2) is 60.7 Å². The average molecular weight is 458 g/mol. The highest BCUT2D eigenvalue weighted by Crippen LogP contribution is 2.41. The number of carbonyl (C=O) groups is 3. The van der Waals surface area contributed by atoms with Gasteiger partial charge in [-0.25, -0.2) is 5.01 Å². The number of benzene rings is 2. The van der Waals surface area contributed by atoms with Gasteiger partial charge in [0.05, 0.1) is 17.5 Å². The highest BCUT2D eigenvalue weighted by atomic mass is 16.2. The van der Waals surface area contributed by atoms with Gasteiger partial charge in [-0.1, -0.05) is 60.9 Å². The standard InChI is InChI=1S/C28H31N3O3/c1-19-8-6-10-21(16-19)28(14-4-5-15-28)18-29-25(32)20-9-7-11-22(17-20)31-27(34)24-13-3-2-12-23(24)26(33)30-31/h2-3,6-11,16-17,23-24H,4-5,12-15,18H2,1H3,(H,29,32)(H,30,33). The smallest absolute Gasteiger partial charge is 0.251 e. The van der Waals surface area contributed by atoms with Gasteiger partial charge in [-0.05, 0) is 56.4 Å². The number of nitrogens with one attached hydrogen (secondary N) is 2. The second kappa shape index (κ2) is 9.09. The molecule has 2 aliphatic carbocycles. The summed E-state index contributed by atoms with van der Waals surface area (Å²) in [5.41, 5.74) is 6.19. The highest BCUT2D eigenvalue weighted by molar-refractivity contribution is 6.05. The predicted octanol–water partition coefficient (Wildman–Crippen LogP) is 4.20. The van der Waals surface area contributed by atoms with E-state index >= 15 is 0 Å². The molecule has 34 heavy (non-hydrogen) atoms. The lowest BCUT2D eigenvalue weighted by atomic mass is 9.78. The molecule has 0 aromatic heterocycles. The Kier molecular flexibility index (Phi) is 5.98. The van der Waals surface area contributed by atoms with Gasteiger partial charge < -0.3 is 5.32 Å². The van der Waals surface area contributed by atoms with Gasteiger partial charge >= 0.3 is 0 Å². The van der Waals surface area contributed by atoms with E-state index < -0.39 is 0 Å². The zero-order valence-corrected chi connectivity index (χ0v) is 19.5. The Labute approximate surface area is 200 Å². The predicted molar refractivity (Wildman–Crippen MR) is 131 cm³/mol. The first-order valence-corrected chi connectivity index (χ1v) is 12.2.